The number of hydrogen-bond acceptors (Lipinski definition) is 3. The van der Waals surface area contributed by atoms with Crippen molar-refractivity contribution in [2.75, 3.05) is 6.61 Å². The van der Waals surface area contributed by atoms with Gasteiger partial charge in [-0.25, -0.2) is 0 Å². The van der Waals surface area contributed by atoms with Crippen molar-refractivity contribution in [1.82, 2.24) is 5.32 Å². The second-order valence-corrected chi connectivity index (χ2v) is 4.40. The predicted molar refractivity (Wildman–Crippen MR) is 66.8 cm³/mol. The number of imide groups is 1. The van der Waals surface area contributed by atoms with E-state index in [0.717, 1.165) is 5.56 Å². The lowest BCUT2D eigenvalue weighted by Gasteiger charge is -2.06. The summed E-state index contributed by atoms with van der Waals surface area (Å²) in [6.45, 7) is 4.69. The lowest BCUT2D eigenvalue weighted by Crippen LogP contribution is -2.23. The average Bonchev–Trinajstić information content (AvgIpc) is 2.63. The van der Waals surface area contributed by atoms with Crippen LogP contribution in [0, 0.1) is 13.8 Å². The van der Waals surface area contributed by atoms with E-state index in [1.54, 1.807) is 0 Å². The number of rotatable bonds is 4. The van der Waals surface area contributed by atoms with Gasteiger partial charge in [-0.05, 0) is 30.5 Å². The fourth-order valence-electron chi connectivity index (χ4n) is 1.73. The van der Waals surface area contributed by atoms with Crippen LogP contribution >= 0.6 is 0 Å². The van der Waals surface area contributed by atoms with Gasteiger partial charge in [0.15, 0.2) is 0 Å². The summed E-state index contributed by atoms with van der Waals surface area (Å²) in [6.07, 6.45) is 1.28. The topological polar surface area (TPSA) is 55.4 Å². The van der Waals surface area contributed by atoms with Crippen LogP contribution in [0.4, 0.5) is 0 Å². The first-order valence-corrected chi connectivity index (χ1v) is 5.76. The van der Waals surface area contributed by atoms with Crippen molar-refractivity contribution in [3.63, 3.8) is 0 Å². The van der Waals surface area contributed by atoms with Crippen LogP contribution in [0.5, 0.6) is 0 Å². The Labute approximate surface area is 106 Å². The minimum absolute atomic E-state index is 0.157. The Balaban J connectivity index is 1.89. The Kier molecular flexibility index (Phi) is 3.58. The Morgan fingerprint density at radius 1 is 1.11 bits per heavy atom. The molecule has 1 aromatic rings. The van der Waals surface area contributed by atoms with Crippen LogP contribution in [0.25, 0.3) is 0 Å². The van der Waals surface area contributed by atoms with E-state index in [-0.39, 0.29) is 18.4 Å². The third kappa shape index (κ3) is 2.84. The molecular formula is C14H15NO3. The molecule has 94 valence electrons. The van der Waals surface area contributed by atoms with Crippen molar-refractivity contribution in [2.24, 2.45) is 0 Å². The summed E-state index contributed by atoms with van der Waals surface area (Å²) in [6, 6.07) is 6.10. The summed E-state index contributed by atoms with van der Waals surface area (Å²) in [5.74, 6) is -0.732. The zero-order valence-electron chi connectivity index (χ0n) is 10.4. The zero-order chi connectivity index (χ0) is 13.1. The number of amides is 2. The minimum atomic E-state index is -0.371. The molecule has 1 N–H and O–H groups in total. The minimum Gasteiger partial charge on any atom is -0.372 e. The van der Waals surface area contributed by atoms with Gasteiger partial charge in [0.1, 0.15) is 0 Å². The third-order valence-electron chi connectivity index (χ3n) is 2.93. The molecule has 18 heavy (non-hydrogen) atoms. The van der Waals surface area contributed by atoms with Crippen LogP contribution < -0.4 is 5.32 Å². The van der Waals surface area contributed by atoms with Crippen molar-refractivity contribution < 1.29 is 14.3 Å². The summed E-state index contributed by atoms with van der Waals surface area (Å²) >= 11 is 0. The van der Waals surface area contributed by atoms with Crippen molar-refractivity contribution in [2.45, 2.75) is 20.5 Å². The SMILES string of the molecule is Cc1ccc(COCC2=CC(=O)NC2=O)cc1C. The molecule has 0 unspecified atom stereocenters. The molecule has 0 fully saturated rings. The van der Waals surface area contributed by atoms with Gasteiger partial charge < -0.3 is 4.74 Å². The first kappa shape index (κ1) is 12.5. The first-order valence-electron chi connectivity index (χ1n) is 5.76. The number of benzene rings is 1. The maximum Gasteiger partial charge on any atom is 0.256 e. The fraction of sp³-hybridized carbons (Fsp3) is 0.286. The van der Waals surface area contributed by atoms with Crippen LogP contribution in [-0.4, -0.2) is 18.4 Å². The molecule has 1 aromatic carbocycles. The number of carbonyl (C=O) groups is 2. The van der Waals surface area contributed by atoms with Crippen LogP contribution in [0.1, 0.15) is 16.7 Å². The fourth-order valence-corrected chi connectivity index (χ4v) is 1.73. The van der Waals surface area contributed by atoms with Gasteiger partial charge in [0.2, 0.25) is 0 Å². The van der Waals surface area contributed by atoms with Gasteiger partial charge in [-0.1, -0.05) is 18.2 Å². The number of aryl methyl sites for hydroxylation is 2. The summed E-state index contributed by atoms with van der Waals surface area (Å²) < 4.78 is 5.44. The monoisotopic (exact) mass is 245 g/mol. The standard InChI is InChI=1S/C14H15NO3/c1-9-3-4-11(5-10(9)2)7-18-8-12-6-13(16)15-14(12)17/h3-6H,7-8H2,1-2H3,(H,15,16,17). The van der Waals surface area contributed by atoms with Crippen LogP contribution in [0.2, 0.25) is 0 Å². The van der Waals surface area contributed by atoms with E-state index in [0.29, 0.717) is 12.2 Å². The highest BCUT2D eigenvalue weighted by Gasteiger charge is 2.20. The molecule has 2 rings (SSSR count). The maximum atomic E-state index is 11.2. The largest absolute Gasteiger partial charge is 0.372 e. The van der Waals surface area contributed by atoms with Crippen molar-refractivity contribution in [1.29, 1.82) is 0 Å². The van der Waals surface area contributed by atoms with E-state index in [1.807, 2.05) is 19.1 Å². The summed E-state index contributed by atoms with van der Waals surface area (Å²) in [4.78, 5) is 22.2. The second kappa shape index (κ2) is 5.14. The number of ether oxygens (including phenoxy) is 1. The molecule has 0 spiro atoms. The van der Waals surface area contributed by atoms with Gasteiger partial charge in [-0.3, -0.25) is 14.9 Å². The summed E-state index contributed by atoms with van der Waals surface area (Å²) in [5.41, 5.74) is 3.89. The van der Waals surface area contributed by atoms with Gasteiger partial charge in [0.05, 0.1) is 13.2 Å². The van der Waals surface area contributed by atoms with E-state index in [1.165, 1.54) is 17.2 Å². The quantitative estimate of drug-likeness (QED) is 0.816. The van der Waals surface area contributed by atoms with Crippen molar-refractivity contribution in [3.05, 3.63) is 46.5 Å². The zero-order valence-corrected chi connectivity index (χ0v) is 10.4. The highest BCUT2D eigenvalue weighted by molar-refractivity contribution is 6.16. The molecule has 1 aliphatic heterocycles. The van der Waals surface area contributed by atoms with Crippen molar-refractivity contribution in [3.8, 4) is 0 Å². The molecule has 4 nitrogen and oxygen atoms in total. The molecule has 2 amide bonds. The van der Waals surface area contributed by atoms with E-state index in [4.69, 9.17) is 4.74 Å². The molecule has 0 atom stereocenters. The van der Waals surface area contributed by atoms with Gasteiger partial charge in [-0.15, -0.1) is 0 Å². The lowest BCUT2D eigenvalue weighted by atomic mass is 10.1. The van der Waals surface area contributed by atoms with Crippen LogP contribution in [-0.2, 0) is 20.9 Å². The highest BCUT2D eigenvalue weighted by atomic mass is 16.5. The maximum absolute atomic E-state index is 11.2. The normalized spacial score (nSPS) is 14.7. The molecule has 4 heteroatoms. The second-order valence-electron chi connectivity index (χ2n) is 4.40. The van der Waals surface area contributed by atoms with Crippen LogP contribution in [0.3, 0.4) is 0 Å². The van der Waals surface area contributed by atoms with Crippen LogP contribution in [0.15, 0.2) is 29.8 Å². The average molecular weight is 245 g/mol. The van der Waals surface area contributed by atoms with E-state index in [9.17, 15) is 9.59 Å². The smallest absolute Gasteiger partial charge is 0.256 e. The first-order chi connectivity index (χ1) is 8.56. The molecule has 0 saturated carbocycles. The van der Waals surface area contributed by atoms with Gasteiger partial charge in [0, 0.05) is 11.6 Å². The van der Waals surface area contributed by atoms with Gasteiger partial charge in [-0.2, -0.15) is 0 Å². The van der Waals surface area contributed by atoms with Gasteiger partial charge >= 0.3 is 0 Å². The van der Waals surface area contributed by atoms with E-state index >= 15 is 0 Å². The molecule has 0 aliphatic carbocycles. The molecule has 0 bridgehead atoms. The molecule has 0 radical (unpaired) electrons. The summed E-state index contributed by atoms with van der Waals surface area (Å²) in [7, 11) is 0. The number of carbonyl (C=O) groups excluding carboxylic acids is 2. The van der Waals surface area contributed by atoms with E-state index < -0.39 is 0 Å². The lowest BCUT2D eigenvalue weighted by molar-refractivity contribution is -0.124. The Hall–Kier alpha value is -1.94. The summed E-state index contributed by atoms with van der Waals surface area (Å²) in [5, 5.41) is 2.18. The van der Waals surface area contributed by atoms with Crippen molar-refractivity contribution >= 4 is 11.8 Å². The number of nitrogens with one attached hydrogen (secondary N) is 1. The third-order valence-corrected chi connectivity index (χ3v) is 2.93. The Morgan fingerprint density at radius 2 is 1.89 bits per heavy atom. The molecular weight excluding hydrogens is 230 g/mol. The molecule has 1 heterocycles. The Morgan fingerprint density at radius 3 is 2.50 bits per heavy atom. The Bertz CT molecular complexity index is 532. The predicted octanol–water partition coefficient (Wildman–Crippen LogP) is 1.40. The van der Waals surface area contributed by atoms with E-state index in [2.05, 4.69) is 18.3 Å². The van der Waals surface area contributed by atoms with Gasteiger partial charge in [0.25, 0.3) is 11.8 Å². The number of hydrogen-bond donors (Lipinski definition) is 1. The molecule has 0 saturated heterocycles. The highest BCUT2D eigenvalue weighted by Crippen LogP contribution is 2.11. The molecule has 1 aliphatic rings. The molecule has 0 aromatic heterocycles.